The van der Waals surface area contributed by atoms with Gasteiger partial charge in [0, 0.05) is 18.9 Å². The van der Waals surface area contributed by atoms with Crippen LogP contribution in [0.2, 0.25) is 0 Å². The van der Waals surface area contributed by atoms with Crippen LogP contribution in [0.4, 0.5) is 0 Å². The summed E-state index contributed by atoms with van der Waals surface area (Å²) in [5, 5.41) is 7.43. The molecule has 3 heteroatoms. The van der Waals surface area contributed by atoms with E-state index in [0.29, 0.717) is 0 Å². The minimum atomic E-state index is 0.867. The molecule has 0 aliphatic rings. The lowest BCUT2D eigenvalue weighted by atomic mass is 10.1. The van der Waals surface area contributed by atoms with Crippen LogP contribution in [0.3, 0.4) is 0 Å². The van der Waals surface area contributed by atoms with Gasteiger partial charge in [-0.2, -0.15) is 5.10 Å². The van der Waals surface area contributed by atoms with Crippen LogP contribution in [-0.2, 0) is 0 Å². The first-order valence-electron chi connectivity index (χ1n) is 6.63. The van der Waals surface area contributed by atoms with Crippen molar-refractivity contribution in [3.05, 3.63) is 73.1 Å². The van der Waals surface area contributed by atoms with Crippen molar-refractivity contribution in [2.24, 2.45) is 0 Å². The van der Waals surface area contributed by atoms with Gasteiger partial charge in [0.05, 0.1) is 0 Å². The number of hydrogen-bond acceptors (Lipinski definition) is 2. The van der Waals surface area contributed by atoms with Gasteiger partial charge in [0.1, 0.15) is 5.82 Å². The number of hydrogen-bond donors (Lipinski definition) is 1. The van der Waals surface area contributed by atoms with E-state index in [2.05, 4.69) is 30.2 Å². The normalized spacial score (nSPS) is 11.6. The molecule has 0 unspecified atom stereocenters. The van der Waals surface area contributed by atoms with Gasteiger partial charge in [-0.1, -0.05) is 49.1 Å². The Labute approximate surface area is 121 Å². The quantitative estimate of drug-likeness (QED) is 0.727. The SMILES string of the molecule is C=C/C=C\C(=C)CCC(=C)/C=C(/NC)n1nccc1C. The lowest BCUT2D eigenvalue weighted by Gasteiger charge is -2.10. The van der Waals surface area contributed by atoms with Crippen LogP contribution in [0, 0.1) is 6.92 Å². The molecule has 0 amide bonds. The third-order valence-electron chi connectivity index (χ3n) is 2.89. The predicted octanol–water partition coefficient (Wildman–Crippen LogP) is 3.84. The van der Waals surface area contributed by atoms with Crippen molar-refractivity contribution >= 4 is 5.82 Å². The Kier molecular flexibility index (Phi) is 6.30. The highest BCUT2D eigenvalue weighted by molar-refractivity contribution is 5.48. The minimum absolute atomic E-state index is 0.867. The summed E-state index contributed by atoms with van der Waals surface area (Å²) in [6.07, 6.45) is 11.2. The molecule has 1 aromatic heterocycles. The second kappa shape index (κ2) is 8.00. The van der Waals surface area contributed by atoms with Crippen LogP contribution < -0.4 is 5.32 Å². The van der Waals surface area contributed by atoms with E-state index in [0.717, 1.165) is 35.5 Å². The fourth-order valence-corrected chi connectivity index (χ4v) is 1.74. The van der Waals surface area contributed by atoms with E-state index in [1.165, 1.54) is 0 Å². The maximum atomic E-state index is 4.28. The van der Waals surface area contributed by atoms with Crippen molar-refractivity contribution in [3.8, 4) is 0 Å². The zero-order valence-electron chi connectivity index (χ0n) is 12.4. The highest BCUT2D eigenvalue weighted by Crippen LogP contribution is 2.14. The Balaban J connectivity index is 2.65. The fraction of sp³-hybridized carbons (Fsp3) is 0.235. The molecule has 0 spiro atoms. The third kappa shape index (κ3) is 4.76. The van der Waals surface area contributed by atoms with Gasteiger partial charge in [0.15, 0.2) is 0 Å². The summed E-state index contributed by atoms with van der Waals surface area (Å²) < 4.78 is 1.86. The molecule has 0 saturated heterocycles. The summed E-state index contributed by atoms with van der Waals surface area (Å²) in [5.74, 6) is 0.921. The molecule has 3 nitrogen and oxygen atoms in total. The molecule has 0 aromatic carbocycles. The van der Waals surface area contributed by atoms with E-state index in [4.69, 9.17) is 0 Å². The van der Waals surface area contributed by atoms with E-state index in [-0.39, 0.29) is 0 Å². The second-order valence-corrected chi connectivity index (χ2v) is 4.58. The molecule has 1 heterocycles. The average Bonchev–Trinajstić information content (AvgIpc) is 2.86. The van der Waals surface area contributed by atoms with Gasteiger partial charge in [-0.25, -0.2) is 4.68 Å². The van der Waals surface area contributed by atoms with Gasteiger partial charge in [-0.15, -0.1) is 0 Å². The zero-order valence-corrected chi connectivity index (χ0v) is 12.4. The summed E-state index contributed by atoms with van der Waals surface area (Å²) in [4.78, 5) is 0. The average molecular weight is 269 g/mol. The molecule has 1 rings (SSSR count). The highest BCUT2D eigenvalue weighted by atomic mass is 15.3. The monoisotopic (exact) mass is 269 g/mol. The maximum Gasteiger partial charge on any atom is 0.127 e. The van der Waals surface area contributed by atoms with Gasteiger partial charge in [0.2, 0.25) is 0 Å². The first kappa shape index (κ1) is 15.8. The lowest BCUT2D eigenvalue weighted by molar-refractivity contribution is 0.807. The molecule has 20 heavy (non-hydrogen) atoms. The molecule has 0 radical (unpaired) electrons. The number of aryl methyl sites for hydroxylation is 1. The molecular weight excluding hydrogens is 246 g/mol. The van der Waals surface area contributed by atoms with E-state index in [1.807, 2.05) is 42.9 Å². The standard InChI is InChI=1S/C17H23N3/c1-6-7-8-14(2)9-10-15(3)13-17(18-5)20-16(4)11-12-19-20/h6-8,11-13,18H,1-3,9-10H2,4-5H3/b8-7-,17-13-. The van der Waals surface area contributed by atoms with Gasteiger partial charge in [-0.3, -0.25) is 0 Å². The topological polar surface area (TPSA) is 29.9 Å². The van der Waals surface area contributed by atoms with E-state index in [1.54, 1.807) is 12.3 Å². The zero-order chi connectivity index (χ0) is 15.0. The van der Waals surface area contributed by atoms with Crippen molar-refractivity contribution in [3.63, 3.8) is 0 Å². The fourth-order valence-electron chi connectivity index (χ4n) is 1.74. The van der Waals surface area contributed by atoms with E-state index < -0.39 is 0 Å². The Morgan fingerprint density at radius 2 is 2.05 bits per heavy atom. The number of rotatable bonds is 8. The van der Waals surface area contributed by atoms with Crippen LogP contribution in [0.25, 0.3) is 5.82 Å². The molecule has 1 N–H and O–H groups in total. The second-order valence-electron chi connectivity index (χ2n) is 4.58. The molecule has 0 atom stereocenters. The first-order valence-corrected chi connectivity index (χ1v) is 6.63. The smallest absolute Gasteiger partial charge is 0.127 e. The van der Waals surface area contributed by atoms with Crippen LogP contribution >= 0.6 is 0 Å². The lowest BCUT2D eigenvalue weighted by Crippen LogP contribution is -2.14. The molecule has 1 aromatic rings. The third-order valence-corrected chi connectivity index (χ3v) is 2.89. The highest BCUT2D eigenvalue weighted by Gasteiger charge is 2.03. The number of nitrogens with zero attached hydrogens (tertiary/aromatic N) is 2. The molecule has 0 fully saturated rings. The number of nitrogens with one attached hydrogen (secondary N) is 1. The van der Waals surface area contributed by atoms with Gasteiger partial charge in [0.25, 0.3) is 0 Å². The van der Waals surface area contributed by atoms with E-state index >= 15 is 0 Å². The number of allylic oxidation sites excluding steroid dienone is 6. The van der Waals surface area contributed by atoms with Crippen LogP contribution in [0.1, 0.15) is 18.5 Å². The largest absolute Gasteiger partial charge is 0.373 e. The van der Waals surface area contributed by atoms with Crippen LogP contribution in [0.5, 0.6) is 0 Å². The molecule has 106 valence electrons. The summed E-state index contributed by atoms with van der Waals surface area (Å²) in [5.41, 5.74) is 3.19. The summed E-state index contributed by atoms with van der Waals surface area (Å²) in [6.45, 7) is 13.7. The molecule has 0 aliphatic carbocycles. The Morgan fingerprint density at radius 3 is 2.60 bits per heavy atom. The maximum absolute atomic E-state index is 4.28. The number of aromatic nitrogens is 2. The predicted molar refractivity (Wildman–Crippen MR) is 87.1 cm³/mol. The van der Waals surface area contributed by atoms with Gasteiger partial charge >= 0.3 is 0 Å². The molecular formula is C17H23N3. The Hall–Kier alpha value is -2.29. The molecule has 0 aliphatic heterocycles. The van der Waals surface area contributed by atoms with Crippen molar-refractivity contribution in [1.82, 2.24) is 15.1 Å². The van der Waals surface area contributed by atoms with E-state index in [9.17, 15) is 0 Å². The van der Waals surface area contributed by atoms with Crippen LogP contribution in [0.15, 0.2) is 67.5 Å². The Bertz CT molecular complexity index is 544. The van der Waals surface area contributed by atoms with Gasteiger partial charge in [-0.05, 0) is 31.9 Å². The van der Waals surface area contributed by atoms with Gasteiger partial charge < -0.3 is 5.32 Å². The minimum Gasteiger partial charge on any atom is -0.373 e. The van der Waals surface area contributed by atoms with Crippen molar-refractivity contribution in [1.29, 1.82) is 0 Å². The molecule has 0 bridgehead atoms. The van der Waals surface area contributed by atoms with Crippen molar-refractivity contribution < 1.29 is 0 Å². The summed E-state index contributed by atoms with van der Waals surface area (Å²) in [7, 11) is 1.88. The summed E-state index contributed by atoms with van der Waals surface area (Å²) in [6, 6.07) is 1.97. The van der Waals surface area contributed by atoms with Crippen LogP contribution in [-0.4, -0.2) is 16.8 Å². The first-order chi connectivity index (χ1) is 9.58. The summed E-state index contributed by atoms with van der Waals surface area (Å²) >= 11 is 0. The van der Waals surface area contributed by atoms with Crippen molar-refractivity contribution in [2.75, 3.05) is 7.05 Å². The molecule has 0 saturated carbocycles. The Morgan fingerprint density at radius 1 is 1.35 bits per heavy atom. The van der Waals surface area contributed by atoms with Crippen molar-refractivity contribution in [2.45, 2.75) is 19.8 Å².